The summed E-state index contributed by atoms with van der Waals surface area (Å²) in [6.45, 7) is 6.34. The Balaban J connectivity index is 3.03. The first kappa shape index (κ1) is 43.6. The van der Waals surface area contributed by atoms with Crippen LogP contribution in [0, 0.1) is 22.1 Å². The fraction of sp³-hybridized carbons (Fsp3) is 0.514. The molecule has 0 bridgehead atoms. The molecule has 4 amide bonds. The maximum Gasteiger partial charge on any atom is 0.243 e. The number of benzene rings is 1. The van der Waals surface area contributed by atoms with Gasteiger partial charge in [-0.1, -0.05) is 69.3 Å². The highest BCUT2D eigenvalue weighted by Gasteiger charge is 2.31. The molecule has 282 valence electrons. The molecule has 1 aromatic rings. The molecular formula is C35H58N12O4. The average Bonchev–Trinajstić information content (AvgIpc) is 3.07. The highest BCUT2D eigenvalue weighted by Crippen LogP contribution is 2.09. The molecule has 0 heterocycles. The molecule has 0 aliphatic heterocycles. The highest BCUT2D eigenvalue weighted by molar-refractivity contribution is 5.95. The highest BCUT2D eigenvalue weighted by atomic mass is 16.2. The van der Waals surface area contributed by atoms with E-state index < -0.39 is 35.8 Å². The Kier molecular flexibility index (Phi) is 21.1. The number of carbonyl (C=O) groups is 4. The van der Waals surface area contributed by atoms with E-state index in [0.717, 1.165) is 18.4 Å². The Morgan fingerprint density at radius 2 is 1.29 bits per heavy atom. The van der Waals surface area contributed by atoms with E-state index in [1.807, 2.05) is 18.2 Å². The first-order chi connectivity index (χ1) is 24.2. The third-order valence-electron chi connectivity index (χ3n) is 7.61. The second-order valence-electron chi connectivity index (χ2n) is 12.3. The van der Waals surface area contributed by atoms with E-state index in [9.17, 15) is 19.2 Å². The van der Waals surface area contributed by atoms with Gasteiger partial charge in [0.05, 0.1) is 0 Å². The van der Waals surface area contributed by atoms with Gasteiger partial charge in [0.25, 0.3) is 0 Å². The summed E-state index contributed by atoms with van der Waals surface area (Å²) in [7, 11) is 0. The molecule has 15 N–H and O–H groups in total. The topological polar surface area (TPSA) is 290 Å². The summed E-state index contributed by atoms with van der Waals surface area (Å²) in [4.78, 5) is 53.4. The average molecular weight is 711 g/mol. The van der Waals surface area contributed by atoms with Crippen molar-refractivity contribution in [2.45, 2.75) is 96.8 Å². The molecule has 0 spiro atoms. The second-order valence-corrected chi connectivity index (χ2v) is 12.3. The molecular weight excluding hydrogens is 652 g/mol. The van der Waals surface area contributed by atoms with Gasteiger partial charge in [-0.2, -0.15) is 0 Å². The Labute approximate surface area is 301 Å². The van der Waals surface area contributed by atoms with Gasteiger partial charge in [-0.3, -0.25) is 35.4 Å². The van der Waals surface area contributed by atoms with E-state index in [0.29, 0.717) is 37.9 Å². The number of nitrogens with two attached hydrogens (primary N) is 3. The van der Waals surface area contributed by atoms with Crippen molar-refractivity contribution in [3.05, 3.63) is 59.7 Å². The van der Waals surface area contributed by atoms with Gasteiger partial charge in [0, 0.05) is 31.6 Å². The Morgan fingerprint density at radius 1 is 0.725 bits per heavy atom. The summed E-state index contributed by atoms with van der Waals surface area (Å²) in [6, 6.07) is 3.86. The van der Waals surface area contributed by atoms with Crippen LogP contribution in [0.2, 0.25) is 0 Å². The Hall–Kier alpha value is -5.41. The lowest BCUT2D eigenvalue weighted by Gasteiger charge is -2.27. The largest absolute Gasteiger partial charge is 0.384 e. The van der Waals surface area contributed by atoms with Crippen molar-refractivity contribution in [2.75, 3.05) is 13.1 Å². The van der Waals surface area contributed by atoms with Crippen molar-refractivity contribution < 1.29 is 19.2 Å². The van der Waals surface area contributed by atoms with Crippen LogP contribution in [-0.2, 0) is 25.7 Å². The monoisotopic (exact) mass is 710 g/mol. The minimum Gasteiger partial charge on any atom is -0.384 e. The zero-order valence-electron chi connectivity index (χ0n) is 30.1. The number of guanidine groups is 2. The van der Waals surface area contributed by atoms with Crippen LogP contribution in [0.15, 0.2) is 48.6 Å². The maximum atomic E-state index is 13.6. The van der Waals surface area contributed by atoms with Crippen molar-refractivity contribution in [3.63, 3.8) is 0 Å². The molecule has 16 nitrogen and oxygen atoms in total. The molecule has 0 saturated heterocycles. The van der Waals surface area contributed by atoms with Crippen LogP contribution in [0.1, 0.15) is 83.3 Å². The van der Waals surface area contributed by atoms with Crippen LogP contribution in [0.5, 0.6) is 0 Å². The van der Waals surface area contributed by atoms with Crippen LogP contribution >= 0.6 is 0 Å². The molecule has 0 saturated carbocycles. The first-order valence-electron chi connectivity index (χ1n) is 17.3. The smallest absolute Gasteiger partial charge is 0.243 e. The predicted octanol–water partition coefficient (Wildman–Crippen LogP) is 0.917. The van der Waals surface area contributed by atoms with Crippen LogP contribution in [0.4, 0.5) is 0 Å². The summed E-state index contributed by atoms with van der Waals surface area (Å²) >= 11 is 0. The molecule has 0 aliphatic rings. The lowest BCUT2D eigenvalue weighted by Crippen LogP contribution is -2.58. The first-order valence-corrected chi connectivity index (χ1v) is 17.3. The summed E-state index contributed by atoms with van der Waals surface area (Å²) in [6.07, 6.45) is 11.7. The molecule has 0 radical (unpaired) electrons. The number of nitrogens with one attached hydrogen (secondary N) is 9. The molecule has 0 aromatic heterocycles. The number of amides is 4. The van der Waals surface area contributed by atoms with Crippen molar-refractivity contribution in [2.24, 2.45) is 23.1 Å². The lowest BCUT2D eigenvalue weighted by molar-refractivity contribution is -0.134. The lowest BCUT2D eigenvalue weighted by atomic mass is 10.0. The van der Waals surface area contributed by atoms with Gasteiger partial charge in [-0.05, 0) is 56.4 Å². The summed E-state index contributed by atoms with van der Waals surface area (Å²) in [5.74, 6) is -2.77. The zero-order valence-corrected chi connectivity index (χ0v) is 30.1. The van der Waals surface area contributed by atoms with E-state index >= 15 is 0 Å². The second kappa shape index (κ2) is 24.7. The molecule has 0 aliphatic carbocycles. The van der Waals surface area contributed by atoms with Gasteiger partial charge in [-0.15, -0.1) is 0 Å². The summed E-state index contributed by atoms with van der Waals surface area (Å²) in [5.41, 5.74) is 17.6. The molecule has 0 fully saturated rings. The summed E-state index contributed by atoms with van der Waals surface area (Å²) < 4.78 is 0. The minimum absolute atomic E-state index is 0.0722. The standard InChI is InChI=1S/C35H58N12O4/c1-4-5-6-7-8-9-10-15-28(48)45-27(14-12-21-43-35(40)41)32(50)47-29(23(2)3)33(51)46-26(13-11-20-42-34(38)39)31(49)44-22-24-16-18-25(19-17-24)30(36)37/h5-6,8-9,16-19,23,26-27,29H,4,7,10-15,20-22H2,1-3H3,(H3,36,37)(H,44,49)(H,45,48)(H,46,51)(H,47,50)(H4,38,39,42)(H4,40,41,43)/b6-5-,9-8-/t26-,27-,29?/m0/s1. The minimum atomic E-state index is -1.03. The maximum absolute atomic E-state index is 13.6. The quantitative estimate of drug-likeness (QED) is 0.0314. The predicted molar refractivity (Wildman–Crippen MR) is 201 cm³/mol. The number of hydrogen-bond donors (Lipinski definition) is 12. The number of allylic oxidation sites excluding steroid dienone is 4. The molecule has 16 heteroatoms. The fourth-order valence-electron chi connectivity index (χ4n) is 4.80. The number of carbonyl (C=O) groups excluding carboxylic acids is 4. The van der Waals surface area contributed by atoms with E-state index in [4.69, 9.17) is 33.4 Å². The van der Waals surface area contributed by atoms with Gasteiger partial charge in [-0.25, -0.2) is 0 Å². The molecule has 1 aromatic carbocycles. The van der Waals surface area contributed by atoms with Crippen molar-refractivity contribution in [1.82, 2.24) is 31.9 Å². The van der Waals surface area contributed by atoms with Crippen LogP contribution < -0.4 is 49.1 Å². The number of amidine groups is 1. The van der Waals surface area contributed by atoms with Crippen molar-refractivity contribution >= 4 is 41.4 Å². The van der Waals surface area contributed by atoms with Gasteiger partial charge in [0.1, 0.15) is 24.0 Å². The van der Waals surface area contributed by atoms with Crippen molar-refractivity contribution in [3.8, 4) is 0 Å². The Bertz CT molecular complexity index is 1360. The SMILES string of the molecule is CC/C=C\C/C=C\CCC(=O)N[C@@H](CCCNC(=N)N)C(=O)NC(C(=O)N[C@@H](CCCNC(=N)N)C(=O)NCc1ccc(C(=N)N)cc1)C(C)C. The van der Waals surface area contributed by atoms with E-state index in [1.54, 1.807) is 38.1 Å². The molecule has 1 rings (SSSR count). The summed E-state index contributed by atoms with van der Waals surface area (Å²) in [5, 5.41) is 38.8. The molecule has 51 heavy (non-hydrogen) atoms. The van der Waals surface area contributed by atoms with Gasteiger partial charge >= 0.3 is 0 Å². The van der Waals surface area contributed by atoms with Gasteiger partial charge in [0.15, 0.2) is 11.9 Å². The van der Waals surface area contributed by atoms with E-state index in [2.05, 4.69) is 44.9 Å². The molecule has 3 atom stereocenters. The zero-order chi connectivity index (χ0) is 38.2. The number of nitrogen functional groups attached to an aromatic ring is 1. The third-order valence-corrected chi connectivity index (χ3v) is 7.61. The third kappa shape index (κ3) is 19.4. The number of hydrogen-bond acceptors (Lipinski definition) is 7. The van der Waals surface area contributed by atoms with Gasteiger partial charge < -0.3 is 49.1 Å². The van der Waals surface area contributed by atoms with E-state index in [-0.39, 0.29) is 55.4 Å². The van der Waals surface area contributed by atoms with Gasteiger partial charge in [0.2, 0.25) is 23.6 Å². The number of rotatable bonds is 24. The normalized spacial score (nSPS) is 12.9. The van der Waals surface area contributed by atoms with Crippen LogP contribution in [0.3, 0.4) is 0 Å². The van der Waals surface area contributed by atoms with E-state index in [1.165, 1.54) is 0 Å². The Morgan fingerprint density at radius 3 is 1.82 bits per heavy atom. The molecule has 1 unspecified atom stereocenters. The van der Waals surface area contributed by atoms with Crippen LogP contribution in [0.25, 0.3) is 0 Å². The van der Waals surface area contributed by atoms with Crippen molar-refractivity contribution in [1.29, 1.82) is 16.2 Å². The fourth-order valence-corrected chi connectivity index (χ4v) is 4.80. The van der Waals surface area contributed by atoms with Crippen LogP contribution in [-0.4, -0.2) is 72.6 Å².